The van der Waals surface area contributed by atoms with Gasteiger partial charge in [-0.1, -0.05) is 18.2 Å². The molecule has 1 aromatic carbocycles. The van der Waals surface area contributed by atoms with Crippen LogP contribution in [0.5, 0.6) is 5.75 Å². The Hall–Kier alpha value is -1.55. The molecule has 0 amide bonds. The highest BCUT2D eigenvalue weighted by Gasteiger charge is 2.36. The summed E-state index contributed by atoms with van der Waals surface area (Å²) in [5.74, 6) is 1.19. The maximum Gasteiger partial charge on any atom is 0.323 e. The van der Waals surface area contributed by atoms with Crippen molar-refractivity contribution < 1.29 is 14.3 Å². The Bertz CT molecular complexity index is 429. The van der Waals surface area contributed by atoms with Gasteiger partial charge in [0.05, 0.1) is 14.2 Å². The van der Waals surface area contributed by atoms with Gasteiger partial charge in [0, 0.05) is 6.54 Å². The fourth-order valence-corrected chi connectivity index (χ4v) is 2.27. The van der Waals surface area contributed by atoms with Crippen LogP contribution in [0.2, 0.25) is 0 Å². The van der Waals surface area contributed by atoms with Gasteiger partial charge in [0.15, 0.2) is 0 Å². The second-order valence-corrected chi connectivity index (χ2v) is 4.85. The summed E-state index contributed by atoms with van der Waals surface area (Å²) in [6.45, 7) is 0.747. The first-order valence-corrected chi connectivity index (χ1v) is 6.69. The molecule has 1 saturated carbocycles. The maximum atomic E-state index is 11.6. The Balaban J connectivity index is 1.86. The number of carbonyl (C=O) groups is 1. The molecule has 1 aliphatic rings. The van der Waals surface area contributed by atoms with Crippen LogP contribution in [0.1, 0.15) is 18.4 Å². The van der Waals surface area contributed by atoms with Crippen LogP contribution in [0.15, 0.2) is 24.3 Å². The summed E-state index contributed by atoms with van der Waals surface area (Å²) >= 11 is 0. The molecule has 4 nitrogen and oxygen atoms in total. The van der Waals surface area contributed by atoms with Crippen molar-refractivity contribution in [2.75, 3.05) is 20.8 Å². The van der Waals surface area contributed by atoms with Crippen molar-refractivity contribution >= 4 is 5.97 Å². The minimum atomic E-state index is -0.153. The number of ether oxygens (including phenoxy) is 2. The van der Waals surface area contributed by atoms with E-state index in [4.69, 9.17) is 9.47 Å². The summed E-state index contributed by atoms with van der Waals surface area (Å²) in [6, 6.07) is 7.80. The average Bonchev–Trinajstić information content (AvgIpc) is 3.27. The fraction of sp³-hybridized carbons (Fsp3) is 0.533. The molecule has 0 saturated heterocycles. The molecule has 0 radical (unpaired) electrons. The van der Waals surface area contributed by atoms with E-state index in [9.17, 15) is 4.79 Å². The number of rotatable bonds is 7. The zero-order valence-corrected chi connectivity index (χ0v) is 11.5. The van der Waals surface area contributed by atoms with Crippen molar-refractivity contribution in [1.82, 2.24) is 5.32 Å². The predicted octanol–water partition coefficient (Wildman–Crippen LogP) is 1.78. The molecule has 1 aromatic rings. The van der Waals surface area contributed by atoms with Crippen molar-refractivity contribution in [2.45, 2.75) is 25.3 Å². The standard InChI is InChI=1S/C15H21NO3/c1-18-13-6-4-3-5-11(13)9-10-16-14(12-7-8-12)15(17)19-2/h3-6,12,14,16H,7-10H2,1-2H3. The van der Waals surface area contributed by atoms with Crippen molar-refractivity contribution in [3.8, 4) is 5.75 Å². The lowest BCUT2D eigenvalue weighted by Crippen LogP contribution is -2.40. The zero-order valence-electron chi connectivity index (χ0n) is 11.5. The van der Waals surface area contributed by atoms with E-state index in [2.05, 4.69) is 5.32 Å². The number of para-hydroxylation sites is 1. The maximum absolute atomic E-state index is 11.6. The van der Waals surface area contributed by atoms with E-state index in [1.807, 2.05) is 24.3 Å². The molecule has 1 aliphatic carbocycles. The van der Waals surface area contributed by atoms with Crippen molar-refractivity contribution in [3.05, 3.63) is 29.8 Å². The fourth-order valence-electron chi connectivity index (χ4n) is 2.27. The van der Waals surface area contributed by atoms with E-state index in [-0.39, 0.29) is 12.0 Å². The molecule has 1 fully saturated rings. The van der Waals surface area contributed by atoms with Gasteiger partial charge in [-0.2, -0.15) is 0 Å². The summed E-state index contributed by atoms with van der Waals surface area (Å²) < 4.78 is 10.1. The third-order valence-electron chi connectivity index (χ3n) is 3.50. The monoisotopic (exact) mass is 263 g/mol. The number of hydrogen-bond acceptors (Lipinski definition) is 4. The minimum Gasteiger partial charge on any atom is -0.496 e. The average molecular weight is 263 g/mol. The van der Waals surface area contributed by atoms with E-state index in [1.165, 1.54) is 7.11 Å². The Kier molecular flexibility index (Phi) is 4.80. The first kappa shape index (κ1) is 13.9. The van der Waals surface area contributed by atoms with E-state index in [0.29, 0.717) is 5.92 Å². The molecule has 0 aliphatic heterocycles. The first-order valence-electron chi connectivity index (χ1n) is 6.69. The third kappa shape index (κ3) is 3.70. The Morgan fingerprint density at radius 1 is 1.37 bits per heavy atom. The molecule has 19 heavy (non-hydrogen) atoms. The highest BCUT2D eigenvalue weighted by Crippen LogP contribution is 2.33. The van der Waals surface area contributed by atoms with E-state index in [0.717, 1.165) is 37.1 Å². The largest absolute Gasteiger partial charge is 0.496 e. The number of esters is 1. The third-order valence-corrected chi connectivity index (χ3v) is 3.50. The topological polar surface area (TPSA) is 47.6 Å². The van der Waals surface area contributed by atoms with Crippen LogP contribution in [0.25, 0.3) is 0 Å². The highest BCUT2D eigenvalue weighted by atomic mass is 16.5. The van der Waals surface area contributed by atoms with Crippen LogP contribution >= 0.6 is 0 Å². The Labute approximate surface area is 114 Å². The summed E-state index contributed by atoms with van der Waals surface area (Å²) in [5, 5.41) is 3.30. The number of hydrogen-bond donors (Lipinski definition) is 1. The van der Waals surface area contributed by atoms with Gasteiger partial charge in [-0.25, -0.2) is 0 Å². The van der Waals surface area contributed by atoms with Crippen LogP contribution in [0.4, 0.5) is 0 Å². The molecule has 104 valence electrons. The molecule has 0 aromatic heterocycles. The van der Waals surface area contributed by atoms with Gasteiger partial charge in [-0.15, -0.1) is 0 Å². The molecule has 1 atom stereocenters. The SMILES string of the molecule is COC(=O)C(NCCc1ccccc1OC)C1CC1. The van der Waals surface area contributed by atoms with Crippen LogP contribution < -0.4 is 10.1 Å². The predicted molar refractivity (Wildman–Crippen MR) is 73.2 cm³/mol. The van der Waals surface area contributed by atoms with Gasteiger partial charge in [0.25, 0.3) is 0 Å². The second kappa shape index (κ2) is 6.57. The van der Waals surface area contributed by atoms with Crippen molar-refractivity contribution in [1.29, 1.82) is 0 Å². The lowest BCUT2D eigenvalue weighted by molar-refractivity contribution is -0.143. The Morgan fingerprint density at radius 3 is 2.74 bits per heavy atom. The van der Waals surface area contributed by atoms with Crippen LogP contribution in [0, 0.1) is 5.92 Å². The minimum absolute atomic E-state index is 0.150. The molecule has 0 bridgehead atoms. The van der Waals surface area contributed by atoms with E-state index in [1.54, 1.807) is 7.11 Å². The van der Waals surface area contributed by atoms with Crippen LogP contribution in [-0.2, 0) is 16.0 Å². The van der Waals surface area contributed by atoms with Crippen LogP contribution in [-0.4, -0.2) is 32.8 Å². The molecule has 2 rings (SSSR count). The first-order chi connectivity index (χ1) is 9.26. The summed E-state index contributed by atoms with van der Waals surface area (Å²) in [4.78, 5) is 11.6. The number of benzene rings is 1. The van der Waals surface area contributed by atoms with Gasteiger partial charge < -0.3 is 14.8 Å². The van der Waals surface area contributed by atoms with E-state index >= 15 is 0 Å². The molecule has 1 unspecified atom stereocenters. The van der Waals surface area contributed by atoms with E-state index < -0.39 is 0 Å². The summed E-state index contributed by atoms with van der Waals surface area (Å²) in [7, 11) is 3.12. The summed E-state index contributed by atoms with van der Waals surface area (Å²) in [5.41, 5.74) is 1.15. The van der Waals surface area contributed by atoms with Gasteiger partial charge >= 0.3 is 5.97 Å². The molecule has 4 heteroatoms. The van der Waals surface area contributed by atoms with Gasteiger partial charge in [-0.3, -0.25) is 4.79 Å². The quantitative estimate of drug-likeness (QED) is 0.762. The lowest BCUT2D eigenvalue weighted by Gasteiger charge is -2.16. The van der Waals surface area contributed by atoms with Gasteiger partial charge in [-0.05, 0) is 36.8 Å². The zero-order chi connectivity index (χ0) is 13.7. The van der Waals surface area contributed by atoms with Crippen molar-refractivity contribution in [2.24, 2.45) is 5.92 Å². The highest BCUT2D eigenvalue weighted by molar-refractivity contribution is 5.76. The number of nitrogens with one attached hydrogen (secondary N) is 1. The molecular weight excluding hydrogens is 242 g/mol. The second-order valence-electron chi connectivity index (χ2n) is 4.85. The van der Waals surface area contributed by atoms with Gasteiger partial charge in [0.1, 0.15) is 11.8 Å². The molecule has 0 heterocycles. The normalized spacial score (nSPS) is 15.9. The summed E-state index contributed by atoms with van der Waals surface area (Å²) in [6.07, 6.45) is 3.06. The number of methoxy groups -OCH3 is 2. The van der Waals surface area contributed by atoms with Crippen LogP contribution in [0.3, 0.4) is 0 Å². The molecule has 0 spiro atoms. The van der Waals surface area contributed by atoms with Crippen molar-refractivity contribution in [3.63, 3.8) is 0 Å². The lowest BCUT2D eigenvalue weighted by atomic mass is 10.1. The molecule has 1 N–H and O–H groups in total. The molecular formula is C15H21NO3. The number of carbonyl (C=O) groups excluding carboxylic acids is 1. The van der Waals surface area contributed by atoms with Gasteiger partial charge in [0.2, 0.25) is 0 Å². The smallest absolute Gasteiger partial charge is 0.323 e. The Morgan fingerprint density at radius 2 is 2.11 bits per heavy atom.